The second-order valence-corrected chi connectivity index (χ2v) is 29.6. The van der Waals surface area contributed by atoms with Gasteiger partial charge in [-0.05, 0) is 77.0 Å². The van der Waals surface area contributed by atoms with Gasteiger partial charge in [-0.3, -0.25) is 4.79 Å². The van der Waals surface area contributed by atoms with Crippen molar-refractivity contribution >= 4 is 5.91 Å². The van der Waals surface area contributed by atoms with Gasteiger partial charge >= 0.3 is 0 Å². The summed E-state index contributed by atoms with van der Waals surface area (Å²) in [4.78, 5) is 13.4. The molecular formula is C88H157NO13. The van der Waals surface area contributed by atoms with Crippen molar-refractivity contribution in [3.63, 3.8) is 0 Å². The quantitative estimate of drug-likeness (QED) is 0.0204. The van der Waals surface area contributed by atoms with Gasteiger partial charge in [0.1, 0.15) is 48.8 Å². The van der Waals surface area contributed by atoms with E-state index in [1.165, 1.54) is 250 Å². The zero-order valence-electron chi connectivity index (χ0n) is 65.1. The number of amides is 1. The summed E-state index contributed by atoms with van der Waals surface area (Å²) >= 11 is 0. The fourth-order valence-corrected chi connectivity index (χ4v) is 13.6. The molecule has 2 heterocycles. The average Bonchev–Trinajstić information content (AvgIpc) is 0.790. The normalized spacial score (nSPS) is 22.1. The first-order valence-corrected chi connectivity index (χ1v) is 42.5. The summed E-state index contributed by atoms with van der Waals surface area (Å²) < 4.78 is 22.9. The van der Waals surface area contributed by atoms with E-state index in [4.69, 9.17) is 18.9 Å². The molecule has 14 nitrogen and oxygen atoms in total. The Morgan fingerprint density at radius 3 is 1.04 bits per heavy atom. The highest BCUT2D eigenvalue weighted by atomic mass is 16.7. The van der Waals surface area contributed by atoms with Gasteiger partial charge in [0.15, 0.2) is 12.6 Å². The van der Waals surface area contributed by atoms with E-state index in [-0.39, 0.29) is 18.9 Å². The predicted molar refractivity (Wildman–Crippen MR) is 424 cm³/mol. The Kier molecular flexibility index (Phi) is 66.0. The lowest BCUT2D eigenvalue weighted by molar-refractivity contribution is -0.359. The van der Waals surface area contributed by atoms with Crippen LogP contribution in [0.3, 0.4) is 0 Å². The molecular weight excluding hydrogens is 1280 g/mol. The third-order valence-electron chi connectivity index (χ3n) is 20.3. The van der Waals surface area contributed by atoms with Gasteiger partial charge in [0.25, 0.3) is 0 Å². The van der Waals surface area contributed by atoms with Gasteiger partial charge in [0.2, 0.25) is 5.91 Å². The highest BCUT2D eigenvalue weighted by molar-refractivity contribution is 5.76. The van der Waals surface area contributed by atoms with E-state index in [1.807, 2.05) is 6.08 Å². The topological polar surface area (TPSA) is 228 Å². The molecule has 0 aromatic rings. The number of nitrogens with one attached hydrogen (secondary N) is 1. The maximum absolute atomic E-state index is 13.4. The van der Waals surface area contributed by atoms with Crippen LogP contribution in [-0.2, 0) is 23.7 Å². The fraction of sp³-hybridized carbons (Fsp3) is 0.807. The summed E-state index contributed by atoms with van der Waals surface area (Å²) in [5, 5.41) is 87.8. The average molecular weight is 1440 g/mol. The summed E-state index contributed by atoms with van der Waals surface area (Å²) in [5.74, 6) is -0.235. The summed E-state index contributed by atoms with van der Waals surface area (Å²) in [6.07, 6.45) is 85.0. The van der Waals surface area contributed by atoms with E-state index in [1.54, 1.807) is 6.08 Å². The molecule has 0 saturated carbocycles. The van der Waals surface area contributed by atoms with Crippen LogP contribution in [0.5, 0.6) is 0 Å². The van der Waals surface area contributed by atoms with Crippen LogP contribution < -0.4 is 5.32 Å². The van der Waals surface area contributed by atoms with Crippen molar-refractivity contribution in [2.75, 3.05) is 19.8 Å². The first kappa shape index (κ1) is 95.0. The number of aliphatic hydroxyl groups is 8. The maximum atomic E-state index is 13.4. The SMILES string of the molecule is CC/C=C\C/C=C\C/C=C\C/C=C\C/C=C\C/C=C\C/C=C\CCCCCCCCCCCCCCCCCCCCCC(=O)NC(COC1OC(CO)C(OC2OC(CO)C(O)C(O)C2O)C(O)C1O)C(O)/C=C/CCCCCCCCCCCCCCCCCCCCCCCCCCC. The lowest BCUT2D eigenvalue weighted by Gasteiger charge is -2.46. The van der Waals surface area contributed by atoms with Crippen molar-refractivity contribution < 1.29 is 64.6 Å². The molecule has 2 aliphatic rings. The molecule has 0 radical (unpaired) electrons. The van der Waals surface area contributed by atoms with Crippen LogP contribution in [-0.4, -0.2) is 140 Å². The van der Waals surface area contributed by atoms with E-state index in [0.717, 1.165) is 83.5 Å². The Bertz CT molecular complexity index is 2090. The van der Waals surface area contributed by atoms with Crippen LogP contribution >= 0.6 is 0 Å². The second-order valence-electron chi connectivity index (χ2n) is 29.6. The number of ether oxygens (including phenoxy) is 4. The Morgan fingerprint density at radius 1 is 0.363 bits per heavy atom. The number of rotatable bonds is 71. The van der Waals surface area contributed by atoms with E-state index in [9.17, 15) is 45.6 Å². The molecule has 0 aromatic heterocycles. The summed E-state index contributed by atoms with van der Waals surface area (Å²) in [5.41, 5.74) is 0. The molecule has 14 heteroatoms. The van der Waals surface area contributed by atoms with Gasteiger partial charge < -0.3 is 65.1 Å². The van der Waals surface area contributed by atoms with Crippen LogP contribution in [0.1, 0.15) is 361 Å². The first-order chi connectivity index (χ1) is 50.1. The number of aliphatic hydroxyl groups excluding tert-OH is 8. The minimum absolute atomic E-state index is 0.235. The lowest BCUT2D eigenvalue weighted by Crippen LogP contribution is -2.65. The molecule has 12 atom stereocenters. The van der Waals surface area contributed by atoms with Crippen molar-refractivity contribution in [2.24, 2.45) is 0 Å². The molecule has 102 heavy (non-hydrogen) atoms. The minimum atomic E-state index is -1.79. The molecule has 2 saturated heterocycles. The van der Waals surface area contributed by atoms with Crippen molar-refractivity contribution in [1.29, 1.82) is 0 Å². The maximum Gasteiger partial charge on any atom is 0.220 e. The van der Waals surface area contributed by atoms with Gasteiger partial charge in [-0.25, -0.2) is 0 Å². The van der Waals surface area contributed by atoms with E-state index < -0.39 is 86.8 Å². The van der Waals surface area contributed by atoms with Crippen LogP contribution in [0.4, 0.5) is 0 Å². The molecule has 2 aliphatic heterocycles. The summed E-state index contributed by atoms with van der Waals surface area (Å²) in [6, 6.07) is -0.919. The van der Waals surface area contributed by atoms with Crippen LogP contribution in [0.2, 0.25) is 0 Å². The molecule has 1 amide bonds. The predicted octanol–water partition coefficient (Wildman–Crippen LogP) is 20.0. The number of unbranched alkanes of at least 4 members (excludes halogenated alkanes) is 44. The Hall–Kier alpha value is -3.09. The molecule has 9 N–H and O–H groups in total. The molecule has 2 rings (SSSR count). The minimum Gasteiger partial charge on any atom is -0.394 e. The van der Waals surface area contributed by atoms with Crippen molar-refractivity contribution in [1.82, 2.24) is 5.32 Å². The molecule has 0 bridgehead atoms. The number of carbonyl (C=O) groups excluding carboxylic acids is 1. The van der Waals surface area contributed by atoms with Crippen molar-refractivity contribution in [3.05, 3.63) is 97.2 Å². The second kappa shape index (κ2) is 70.9. The zero-order valence-corrected chi connectivity index (χ0v) is 65.1. The van der Waals surface area contributed by atoms with Crippen LogP contribution in [0.15, 0.2) is 97.2 Å². The molecule has 0 aromatic carbocycles. The number of carbonyl (C=O) groups is 1. The number of hydrogen-bond acceptors (Lipinski definition) is 13. The van der Waals surface area contributed by atoms with Crippen LogP contribution in [0.25, 0.3) is 0 Å². The van der Waals surface area contributed by atoms with Gasteiger partial charge in [-0.15, -0.1) is 0 Å². The van der Waals surface area contributed by atoms with Gasteiger partial charge in [0, 0.05) is 6.42 Å². The van der Waals surface area contributed by atoms with Crippen LogP contribution in [0, 0.1) is 0 Å². The molecule has 592 valence electrons. The lowest BCUT2D eigenvalue weighted by atomic mass is 9.97. The standard InChI is InChI=1S/C88H157NO13/c1-3-5-7-9-11-13-15-17-19-21-23-25-27-29-31-32-33-34-35-36-37-38-39-40-41-42-43-44-46-48-50-52-54-56-58-60-62-64-66-68-70-72-80(93)89-76(75-99-87-85(98)83(96)86(79(74-91)101-87)102-88-84(97)82(95)81(94)78(73-90)100-88)77(92)71-69-67-65-63-61-59-57-55-53-51-49-47-45-30-28-26-24-22-20-18-16-14-12-10-8-6-4-2/h5,7,11,13,17,19,23,25,29,31,33-34,36-37,69,71,76-79,81-88,90-92,94-98H,3-4,6,8-10,12,14-16,18,20-22,24,26-28,30,32,35,38-68,70,72-75H2,1-2H3,(H,89,93)/b7-5-,13-11-,19-17-,25-23-,31-29-,34-33-,37-36-,71-69+. The summed E-state index contributed by atoms with van der Waals surface area (Å²) in [7, 11) is 0. The summed E-state index contributed by atoms with van der Waals surface area (Å²) in [6.45, 7) is 2.74. The number of hydrogen-bond donors (Lipinski definition) is 9. The van der Waals surface area contributed by atoms with Crippen molar-refractivity contribution in [3.8, 4) is 0 Å². The third kappa shape index (κ3) is 52.8. The highest BCUT2D eigenvalue weighted by Crippen LogP contribution is 2.30. The molecule has 12 unspecified atom stereocenters. The van der Waals surface area contributed by atoms with E-state index in [2.05, 4.69) is 104 Å². The third-order valence-corrected chi connectivity index (χ3v) is 20.3. The monoisotopic (exact) mass is 1440 g/mol. The fourth-order valence-electron chi connectivity index (χ4n) is 13.6. The van der Waals surface area contributed by atoms with Gasteiger partial charge in [-0.2, -0.15) is 0 Å². The van der Waals surface area contributed by atoms with E-state index in [0.29, 0.717) is 6.42 Å². The Morgan fingerprint density at radius 2 is 0.676 bits per heavy atom. The molecule has 0 spiro atoms. The molecule has 0 aliphatic carbocycles. The van der Waals surface area contributed by atoms with Gasteiger partial charge in [0.05, 0.1) is 32.0 Å². The highest BCUT2D eigenvalue weighted by Gasteiger charge is 2.51. The largest absolute Gasteiger partial charge is 0.394 e. The Balaban J connectivity index is 1.58. The first-order valence-electron chi connectivity index (χ1n) is 42.5. The van der Waals surface area contributed by atoms with Gasteiger partial charge in [-0.1, -0.05) is 374 Å². The smallest absolute Gasteiger partial charge is 0.220 e. The van der Waals surface area contributed by atoms with E-state index >= 15 is 0 Å². The zero-order chi connectivity index (χ0) is 73.7. The molecule has 2 fully saturated rings. The number of allylic oxidation sites excluding steroid dienone is 15. The Labute approximate surface area is 623 Å². The van der Waals surface area contributed by atoms with Crippen molar-refractivity contribution in [2.45, 2.75) is 434 Å².